The molecular formula is C21H16Cl2O5S. The highest BCUT2D eigenvalue weighted by atomic mass is 35.5. The topological polar surface area (TPSA) is 69.7 Å². The number of carbonyl (C=O) groups is 1. The molecule has 0 atom stereocenters. The standard InChI is InChI=1S/C21H16Cl2O5S/c22-16-8-11-20(19(23)12-16)27-14-21(24)28-13-15-6-9-18(10-7-15)29(25,26)17-4-2-1-3-5-17/h1-12H,13-14H2. The number of sulfone groups is 1. The SMILES string of the molecule is O=C(COc1ccc(Cl)cc1Cl)OCc1ccc(S(=O)(=O)c2ccccc2)cc1. The molecular weight excluding hydrogens is 435 g/mol. The number of benzene rings is 3. The molecule has 0 N–H and O–H groups in total. The van der Waals surface area contributed by atoms with Gasteiger partial charge >= 0.3 is 5.97 Å². The molecule has 3 aromatic rings. The van der Waals surface area contributed by atoms with Gasteiger partial charge in [0.05, 0.1) is 14.8 Å². The average molecular weight is 451 g/mol. The maximum absolute atomic E-state index is 12.6. The van der Waals surface area contributed by atoms with Crippen LogP contribution in [0.1, 0.15) is 5.56 Å². The highest BCUT2D eigenvalue weighted by molar-refractivity contribution is 7.91. The van der Waals surface area contributed by atoms with Crippen LogP contribution in [0.4, 0.5) is 0 Å². The molecule has 0 fully saturated rings. The van der Waals surface area contributed by atoms with Crippen molar-refractivity contribution in [2.24, 2.45) is 0 Å². The molecule has 0 heterocycles. The molecule has 3 rings (SSSR count). The van der Waals surface area contributed by atoms with Crippen molar-refractivity contribution in [2.75, 3.05) is 6.61 Å². The molecule has 0 saturated heterocycles. The Labute approximate surface area is 178 Å². The van der Waals surface area contributed by atoms with Gasteiger partial charge in [0.1, 0.15) is 12.4 Å². The molecule has 3 aromatic carbocycles. The van der Waals surface area contributed by atoms with Crippen LogP contribution in [0.5, 0.6) is 5.75 Å². The van der Waals surface area contributed by atoms with Crippen LogP contribution in [0, 0.1) is 0 Å². The van der Waals surface area contributed by atoms with Gasteiger partial charge in [0.15, 0.2) is 6.61 Å². The Morgan fingerprint density at radius 2 is 1.52 bits per heavy atom. The third-order valence-corrected chi connectivity index (χ3v) is 6.24. The predicted octanol–water partition coefficient (Wildman–Crippen LogP) is 4.95. The van der Waals surface area contributed by atoms with Crippen LogP contribution in [0.3, 0.4) is 0 Å². The summed E-state index contributed by atoms with van der Waals surface area (Å²) in [6.07, 6.45) is 0. The summed E-state index contributed by atoms with van der Waals surface area (Å²) in [4.78, 5) is 12.3. The quantitative estimate of drug-likeness (QED) is 0.476. The fourth-order valence-corrected chi connectivity index (χ4v) is 4.18. The zero-order valence-corrected chi connectivity index (χ0v) is 17.4. The highest BCUT2D eigenvalue weighted by Gasteiger charge is 2.17. The van der Waals surface area contributed by atoms with E-state index in [4.69, 9.17) is 32.7 Å². The second-order valence-corrected chi connectivity index (χ2v) is 8.78. The zero-order valence-electron chi connectivity index (χ0n) is 15.0. The number of esters is 1. The zero-order chi connectivity index (χ0) is 20.9. The third-order valence-electron chi connectivity index (χ3n) is 3.93. The van der Waals surface area contributed by atoms with Gasteiger partial charge in [0.2, 0.25) is 9.84 Å². The van der Waals surface area contributed by atoms with E-state index in [-0.39, 0.29) is 23.0 Å². The minimum atomic E-state index is -3.58. The van der Waals surface area contributed by atoms with Crippen LogP contribution in [0.2, 0.25) is 10.0 Å². The molecule has 0 unspecified atom stereocenters. The van der Waals surface area contributed by atoms with Crippen LogP contribution >= 0.6 is 23.2 Å². The molecule has 0 saturated carbocycles. The lowest BCUT2D eigenvalue weighted by Crippen LogP contribution is -2.15. The van der Waals surface area contributed by atoms with Crippen molar-refractivity contribution >= 4 is 39.0 Å². The largest absolute Gasteiger partial charge is 0.480 e. The Balaban J connectivity index is 1.55. The smallest absolute Gasteiger partial charge is 0.344 e. The van der Waals surface area contributed by atoms with Gasteiger partial charge in [-0.3, -0.25) is 0 Å². The average Bonchev–Trinajstić information content (AvgIpc) is 2.72. The second kappa shape index (κ2) is 9.31. The van der Waals surface area contributed by atoms with E-state index in [0.717, 1.165) is 0 Å². The Bertz CT molecular complexity index is 1100. The van der Waals surface area contributed by atoms with E-state index in [2.05, 4.69) is 0 Å². The summed E-state index contributed by atoms with van der Waals surface area (Å²) in [6.45, 7) is -0.329. The fraction of sp³-hybridized carbons (Fsp3) is 0.0952. The molecule has 0 spiro atoms. The number of ether oxygens (including phenoxy) is 2. The first-order valence-electron chi connectivity index (χ1n) is 8.49. The molecule has 150 valence electrons. The molecule has 0 bridgehead atoms. The molecule has 0 radical (unpaired) electrons. The van der Waals surface area contributed by atoms with Crippen molar-refractivity contribution in [1.82, 2.24) is 0 Å². The monoisotopic (exact) mass is 450 g/mol. The third kappa shape index (κ3) is 5.50. The molecule has 0 aliphatic rings. The van der Waals surface area contributed by atoms with Crippen LogP contribution in [-0.2, 0) is 26.0 Å². The van der Waals surface area contributed by atoms with Gasteiger partial charge in [0, 0.05) is 5.02 Å². The van der Waals surface area contributed by atoms with Crippen LogP contribution < -0.4 is 4.74 Å². The van der Waals surface area contributed by atoms with Gasteiger partial charge in [-0.15, -0.1) is 0 Å². The summed E-state index contributed by atoms with van der Waals surface area (Å²) in [5.41, 5.74) is 0.648. The minimum Gasteiger partial charge on any atom is -0.480 e. The number of rotatable bonds is 7. The number of carbonyl (C=O) groups excluding carboxylic acids is 1. The van der Waals surface area contributed by atoms with E-state index in [1.54, 1.807) is 42.5 Å². The molecule has 0 amide bonds. The molecule has 0 aromatic heterocycles. The normalized spacial score (nSPS) is 11.1. The van der Waals surface area contributed by atoms with Gasteiger partial charge in [-0.05, 0) is 48.0 Å². The van der Waals surface area contributed by atoms with Crippen LogP contribution in [0.15, 0.2) is 82.6 Å². The highest BCUT2D eigenvalue weighted by Crippen LogP contribution is 2.27. The summed E-state index contributed by atoms with van der Waals surface area (Å²) in [5.74, 6) is -0.263. The fourth-order valence-electron chi connectivity index (χ4n) is 2.43. The Morgan fingerprint density at radius 3 is 2.17 bits per heavy atom. The summed E-state index contributed by atoms with van der Waals surface area (Å²) >= 11 is 11.8. The number of halogens is 2. The van der Waals surface area contributed by atoms with E-state index in [0.29, 0.717) is 21.4 Å². The van der Waals surface area contributed by atoms with E-state index >= 15 is 0 Å². The van der Waals surface area contributed by atoms with Crippen LogP contribution in [-0.4, -0.2) is 21.0 Å². The van der Waals surface area contributed by atoms with Crippen molar-refractivity contribution in [3.8, 4) is 5.75 Å². The van der Waals surface area contributed by atoms with Crippen molar-refractivity contribution in [2.45, 2.75) is 16.4 Å². The van der Waals surface area contributed by atoms with Gasteiger partial charge in [-0.2, -0.15) is 0 Å². The lowest BCUT2D eigenvalue weighted by molar-refractivity contribution is -0.147. The second-order valence-electron chi connectivity index (χ2n) is 5.98. The lowest BCUT2D eigenvalue weighted by Gasteiger charge is -2.09. The van der Waals surface area contributed by atoms with E-state index < -0.39 is 15.8 Å². The summed E-state index contributed by atoms with van der Waals surface area (Å²) in [6, 6.07) is 19.0. The first-order chi connectivity index (χ1) is 13.9. The molecule has 29 heavy (non-hydrogen) atoms. The van der Waals surface area contributed by atoms with Crippen molar-refractivity contribution in [3.05, 3.63) is 88.4 Å². The number of hydrogen-bond acceptors (Lipinski definition) is 5. The summed E-state index contributed by atoms with van der Waals surface area (Å²) in [5, 5.41) is 0.753. The van der Waals surface area contributed by atoms with Crippen molar-refractivity contribution < 1.29 is 22.7 Å². The van der Waals surface area contributed by atoms with Gasteiger partial charge in [-0.1, -0.05) is 53.5 Å². The predicted molar refractivity (Wildman–Crippen MR) is 110 cm³/mol. The van der Waals surface area contributed by atoms with E-state index in [9.17, 15) is 13.2 Å². The van der Waals surface area contributed by atoms with Crippen LogP contribution in [0.25, 0.3) is 0 Å². The Hall–Kier alpha value is -2.54. The first kappa shape index (κ1) is 21.2. The van der Waals surface area contributed by atoms with Gasteiger partial charge < -0.3 is 9.47 Å². The van der Waals surface area contributed by atoms with Gasteiger partial charge in [-0.25, -0.2) is 13.2 Å². The van der Waals surface area contributed by atoms with E-state index in [1.165, 1.54) is 30.3 Å². The summed E-state index contributed by atoms with van der Waals surface area (Å²) in [7, 11) is -3.58. The maximum atomic E-state index is 12.6. The lowest BCUT2D eigenvalue weighted by atomic mass is 10.2. The Morgan fingerprint density at radius 1 is 0.862 bits per heavy atom. The number of hydrogen-bond donors (Lipinski definition) is 0. The molecule has 8 heteroatoms. The summed E-state index contributed by atoms with van der Waals surface area (Å²) < 4.78 is 35.6. The van der Waals surface area contributed by atoms with E-state index in [1.807, 2.05) is 0 Å². The molecule has 5 nitrogen and oxygen atoms in total. The maximum Gasteiger partial charge on any atom is 0.344 e. The first-order valence-corrected chi connectivity index (χ1v) is 10.7. The van der Waals surface area contributed by atoms with Crippen molar-refractivity contribution in [1.29, 1.82) is 0 Å². The molecule has 0 aliphatic heterocycles. The Kier molecular flexibility index (Phi) is 6.79. The molecule has 0 aliphatic carbocycles. The minimum absolute atomic E-state index is 0.0117. The van der Waals surface area contributed by atoms with Crippen molar-refractivity contribution in [3.63, 3.8) is 0 Å². The van der Waals surface area contributed by atoms with Gasteiger partial charge in [0.25, 0.3) is 0 Å².